The first kappa shape index (κ1) is 22.7. The molecule has 10 heteroatoms. The average molecular weight is 496 g/mol. The van der Waals surface area contributed by atoms with Crippen LogP contribution in [-0.2, 0) is 4.74 Å². The van der Waals surface area contributed by atoms with Crippen LogP contribution in [0.15, 0.2) is 30.1 Å². The zero-order valence-electron chi connectivity index (χ0n) is 20.0. The van der Waals surface area contributed by atoms with Crippen molar-refractivity contribution >= 4 is 45.5 Å². The van der Waals surface area contributed by atoms with Crippen LogP contribution in [0, 0.1) is 6.92 Å². The number of ether oxygens (including phenoxy) is 1. The quantitative estimate of drug-likeness (QED) is 0.556. The Hall–Kier alpha value is -2.72. The number of nitrogens with one attached hydrogen (secondary N) is 1. The molecule has 2 aliphatic heterocycles. The van der Waals surface area contributed by atoms with E-state index in [0.717, 1.165) is 55.6 Å². The number of nitrogens with zero attached hydrogens (tertiary/aromatic N) is 6. The molecule has 0 saturated carbocycles. The summed E-state index contributed by atoms with van der Waals surface area (Å²) in [5.74, 6) is 0.494. The van der Waals surface area contributed by atoms with Gasteiger partial charge in [-0.25, -0.2) is 14.6 Å². The smallest absolute Gasteiger partial charge is 0.227 e. The molecule has 35 heavy (non-hydrogen) atoms. The van der Waals surface area contributed by atoms with Crippen molar-refractivity contribution < 1.29 is 9.84 Å². The Kier molecular flexibility index (Phi) is 5.88. The van der Waals surface area contributed by atoms with Crippen LogP contribution >= 0.6 is 11.6 Å². The Bertz CT molecular complexity index is 1300. The van der Waals surface area contributed by atoms with Gasteiger partial charge in [0.1, 0.15) is 0 Å². The number of aromatic nitrogens is 4. The number of fused-ring (bicyclic) bond motifs is 1. The topological polar surface area (TPSA) is 91.6 Å². The van der Waals surface area contributed by atoms with E-state index in [9.17, 15) is 5.11 Å². The lowest BCUT2D eigenvalue weighted by Crippen LogP contribution is -2.53. The van der Waals surface area contributed by atoms with Crippen LogP contribution in [0.25, 0.3) is 16.6 Å². The van der Waals surface area contributed by atoms with Crippen molar-refractivity contribution in [3.8, 4) is 0 Å². The van der Waals surface area contributed by atoms with Gasteiger partial charge < -0.3 is 20.1 Å². The molecule has 0 radical (unpaired) electrons. The molecule has 0 amide bonds. The molecule has 0 spiro atoms. The van der Waals surface area contributed by atoms with Crippen LogP contribution in [0.1, 0.15) is 25.3 Å². The van der Waals surface area contributed by atoms with Crippen molar-refractivity contribution in [1.82, 2.24) is 24.6 Å². The van der Waals surface area contributed by atoms with Crippen molar-refractivity contribution in [2.24, 2.45) is 0 Å². The van der Waals surface area contributed by atoms with Crippen molar-refractivity contribution in [3.05, 3.63) is 40.8 Å². The molecule has 9 nitrogen and oxygen atoms in total. The zero-order chi connectivity index (χ0) is 24.1. The van der Waals surface area contributed by atoms with E-state index in [1.165, 1.54) is 16.8 Å². The lowest BCUT2D eigenvalue weighted by atomic mass is 9.96. The normalized spacial score (nSPS) is 23.3. The standard InChI is InChI=1S/C25H30ClN7O2/c1-15-3-4-20(15)33-24(26)19(12-28-33)30-25-27-11-17-9-16(2)21(10-18(17)29-25)31-5-7-32(8-6-31)22-13-35-14-23(22)34/h9-12,22-23,34H,3-8,13-14H2,1-2H3,(H,27,29,30). The van der Waals surface area contributed by atoms with E-state index in [4.69, 9.17) is 21.3 Å². The summed E-state index contributed by atoms with van der Waals surface area (Å²) in [7, 11) is 0. The molecule has 2 aromatic heterocycles. The minimum Gasteiger partial charge on any atom is -0.389 e. The molecule has 2 fully saturated rings. The summed E-state index contributed by atoms with van der Waals surface area (Å²) in [4.78, 5) is 14.0. The van der Waals surface area contributed by atoms with E-state index in [0.29, 0.717) is 30.0 Å². The van der Waals surface area contributed by atoms with E-state index < -0.39 is 0 Å². The number of allylic oxidation sites excluding steroid dienone is 2. The fraction of sp³-hybridized carbons (Fsp3) is 0.480. The summed E-state index contributed by atoms with van der Waals surface area (Å²) in [6.07, 6.45) is 5.26. The second-order valence-corrected chi connectivity index (χ2v) is 10.1. The summed E-state index contributed by atoms with van der Waals surface area (Å²) in [5.41, 5.74) is 6.44. The van der Waals surface area contributed by atoms with Crippen LogP contribution < -0.4 is 10.2 Å². The Labute approximate surface area is 209 Å². The molecule has 3 aliphatic rings. The summed E-state index contributed by atoms with van der Waals surface area (Å²) in [5, 5.41) is 19.4. The number of aliphatic hydroxyl groups excluding tert-OH is 1. The van der Waals surface area contributed by atoms with E-state index in [1.54, 1.807) is 10.9 Å². The molecule has 2 N–H and O–H groups in total. The monoisotopic (exact) mass is 495 g/mol. The SMILES string of the molecule is CC1=C(n2ncc(Nc3ncc4cc(C)c(N5CCN(C6COCC6O)CC5)cc4n3)c2Cl)CC1. The van der Waals surface area contributed by atoms with E-state index >= 15 is 0 Å². The van der Waals surface area contributed by atoms with Crippen LogP contribution in [-0.4, -0.2) is 81.3 Å². The first-order valence-corrected chi connectivity index (χ1v) is 12.6. The predicted octanol–water partition coefficient (Wildman–Crippen LogP) is 3.44. The molecule has 3 aromatic rings. The maximum Gasteiger partial charge on any atom is 0.227 e. The Morgan fingerprint density at radius 1 is 1.09 bits per heavy atom. The molecule has 1 aromatic carbocycles. The zero-order valence-corrected chi connectivity index (χ0v) is 20.8. The van der Waals surface area contributed by atoms with E-state index in [-0.39, 0.29) is 12.1 Å². The lowest BCUT2D eigenvalue weighted by Gasteiger charge is -2.40. The number of aliphatic hydroxyl groups is 1. The number of benzene rings is 1. The van der Waals surface area contributed by atoms with Crippen molar-refractivity contribution in [1.29, 1.82) is 0 Å². The maximum atomic E-state index is 10.2. The van der Waals surface area contributed by atoms with Gasteiger partial charge in [0.2, 0.25) is 5.95 Å². The lowest BCUT2D eigenvalue weighted by molar-refractivity contribution is 0.0785. The largest absolute Gasteiger partial charge is 0.389 e. The highest BCUT2D eigenvalue weighted by atomic mass is 35.5. The van der Waals surface area contributed by atoms with Gasteiger partial charge in [0.25, 0.3) is 0 Å². The van der Waals surface area contributed by atoms with Crippen LogP contribution in [0.3, 0.4) is 0 Å². The maximum absolute atomic E-state index is 10.2. The number of rotatable bonds is 5. The molecule has 2 saturated heterocycles. The van der Waals surface area contributed by atoms with Gasteiger partial charge in [-0.3, -0.25) is 4.90 Å². The van der Waals surface area contributed by atoms with Crippen LogP contribution in [0.4, 0.5) is 17.3 Å². The first-order chi connectivity index (χ1) is 17.0. The highest BCUT2D eigenvalue weighted by molar-refractivity contribution is 6.32. The third-order valence-corrected chi connectivity index (χ3v) is 7.85. The van der Waals surface area contributed by atoms with E-state index in [2.05, 4.69) is 51.2 Å². The number of hydrogen-bond donors (Lipinski definition) is 2. The minimum atomic E-state index is -0.387. The van der Waals surface area contributed by atoms with Gasteiger partial charge in [-0.05, 0) is 44.4 Å². The molecule has 2 atom stereocenters. The van der Waals surface area contributed by atoms with Gasteiger partial charge in [0.15, 0.2) is 5.15 Å². The fourth-order valence-corrected chi connectivity index (χ4v) is 5.50. The Morgan fingerprint density at radius 3 is 2.60 bits per heavy atom. The summed E-state index contributed by atoms with van der Waals surface area (Å²) in [6.45, 7) is 8.90. The van der Waals surface area contributed by atoms with Gasteiger partial charge in [0, 0.05) is 49.1 Å². The molecular weight excluding hydrogens is 466 g/mol. The van der Waals surface area contributed by atoms with Gasteiger partial charge in [-0.1, -0.05) is 17.2 Å². The fourth-order valence-electron chi connectivity index (χ4n) is 5.26. The van der Waals surface area contributed by atoms with Gasteiger partial charge in [-0.2, -0.15) is 5.10 Å². The number of aryl methyl sites for hydroxylation is 1. The molecule has 2 unspecified atom stereocenters. The molecule has 184 valence electrons. The molecule has 4 heterocycles. The van der Waals surface area contributed by atoms with E-state index in [1.807, 2.05) is 6.20 Å². The van der Waals surface area contributed by atoms with Crippen LogP contribution in [0.2, 0.25) is 5.15 Å². The second kappa shape index (κ2) is 9.05. The number of anilines is 3. The molecule has 0 bridgehead atoms. The minimum absolute atomic E-state index is 0.108. The van der Waals surface area contributed by atoms with Crippen LogP contribution in [0.5, 0.6) is 0 Å². The summed E-state index contributed by atoms with van der Waals surface area (Å²) in [6, 6.07) is 4.40. The van der Waals surface area contributed by atoms with Crippen molar-refractivity contribution in [3.63, 3.8) is 0 Å². The Morgan fingerprint density at radius 2 is 1.91 bits per heavy atom. The molecule has 6 rings (SSSR count). The molecular formula is C25H30ClN7O2. The van der Waals surface area contributed by atoms with Crippen molar-refractivity contribution in [2.75, 3.05) is 49.6 Å². The Balaban J connectivity index is 1.21. The average Bonchev–Trinajstić information content (AvgIpc) is 3.44. The van der Waals surface area contributed by atoms with Gasteiger partial charge >= 0.3 is 0 Å². The summed E-state index contributed by atoms with van der Waals surface area (Å²) < 4.78 is 7.24. The highest BCUT2D eigenvalue weighted by Crippen LogP contribution is 2.36. The third-order valence-electron chi connectivity index (χ3n) is 7.48. The van der Waals surface area contributed by atoms with Crippen molar-refractivity contribution in [2.45, 2.75) is 38.8 Å². The van der Waals surface area contributed by atoms with Gasteiger partial charge in [-0.15, -0.1) is 0 Å². The number of piperazine rings is 1. The predicted molar refractivity (Wildman–Crippen MR) is 137 cm³/mol. The third kappa shape index (κ3) is 4.16. The van der Waals surface area contributed by atoms with Gasteiger partial charge in [0.05, 0.1) is 42.8 Å². The molecule has 1 aliphatic carbocycles. The number of hydrogen-bond acceptors (Lipinski definition) is 8. The second-order valence-electron chi connectivity index (χ2n) is 9.70. The first-order valence-electron chi connectivity index (χ1n) is 12.2. The highest BCUT2D eigenvalue weighted by Gasteiger charge is 2.33. The number of halogens is 1. The summed E-state index contributed by atoms with van der Waals surface area (Å²) >= 11 is 6.59.